The smallest absolute Gasteiger partial charge is 0.252 e. The summed E-state index contributed by atoms with van der Waals surface area (Å²) in [5, 5.41) is 16.4. The summed E-state index contributed by atoms with van der Waals surface area (Å²) < 4.78 is 1.54. The molecule has 0 fully saturated rings. The third kappa shape index (κ3) is 3.11. The molecule has 2 N–H and O–H groups in total. The number of nitrogens with one attached hydrogen (secondary N) is 2. The number of aryl methyl sites for hydroxylation is 2. The average Bonchev–Trinajstić information content (AvgIpc) is 2.88. The predicted octanol–water partition coefficient (Wildman–Crippen LogP) is 2.19. The van der Waals surface area contributed by atoms with Crippen LogP contribution >= 0.6 is 0 Å². The maximum Gasteiger partial charge on any atom is 0.252 e. The molecule has 0 amide bonds. The van der Waals surface area contributed by atoms with Gasteiger partial charge in [0.25, 0.3) is 5.56 Å². The summed E-state index contributed by atoms with van der Waals surface area (Å²) in [6.45, 7) is 3.61. The van der Waals surface area contributed by atoms with Crippen LogP contribution in [0, 0.1) is 25.2 Å². The van der Waals surface area contributed by atoms with E-state index in [9.17, 15) is 4.79 Å². The highest BCUT2D eigenvalue weighted by Gasteiger charge is 2.10. The average molecular weight is 306 g/mol. The van der Waals surface area contributed by atoms with Crippen molar-refractivity contribution in [3.05, 3.63) is 63.7 Å². The first-order chi connectivity index (χ1) is 11.0. The Morgan fingerprint density at radius 1 is 1.17 bits per heavy atom. The summed E-state index contributed by atoms with van der Waals surface area (Å²) >= 11 is 0. The molecule has 0 saturated heterocycles. The van der Waals surface area contributed by atoms with Gasteiger partial charge in [0.1, 0.15) is 5.82 Å². The number of hydrogen-bond donors (Lipinski definition) is 2. The van der Waals surface area contributed by atoms with Crippen molar-refractivity contribution in [1.29, 1.82) is 5.26 Å². The fraction of sp³-hybridized carbons (Fsp3) is 0.125. The van der Waals surface area contributed by atoms with E-state index in [1.807, 2.05) is 13.0 Å². The maximum absolute atomic E-state index is 11.6. The van der Waals surface area contributed by atoms with E-state index in [1.54, 1.807) is 35.9 Å². The Morgan fingerprint density at radius 3 is 2.57 bits per heavy atom. The molecular weight excluding hydrogens is 292 g/mol. The molecule has 0 atom stereocenters. The second-order valence-electron chi connectivity index (χ2n) is 5.11. The van der Waals surface area contributed by atoms with Gasteiger partial charge >= 0.3 is 0 Å². The van der Waals surface area contributed by atoms with Gasteiger partial charge in [0.05, 0.1) is 17.3 Å². The minimum Gasteiger partial charge on any atom is -0.340 e. The molecule has 2 heterocycles. The third-order valence-corrected chi connectivity index (χ3v) is 3.18. The van der Waals surface area contributed by atoms with Crippen molar-refractivity contribution >= 4 is 11.5 Å². The van der Waals surface area contributed by atoms with Gasteiger partial charge in [0.15, 0.2) is 0 Å². The van der Waals surface area contributed by atoms with E-state index in [0.29, 0.717) is 23.0 Å². The van der Waals surface area contributed by atoms with Gasteiger partial charge in [-0.1, -0.05) is 0 Å². The lowest BCUT2D eigenvalue weighted by Gasteiger charge is -2.09. The van der Waals surface area contributed by atoms with Crippen molar-refractivity contribution in [3.8, 4) is 12.0 Å². The molecule has 0 aliphatic carbocycles. The van der Waals surface area contributed by atoms with Crippen LogP contribution in [0.3, 0.4) is 0 Å². The Balaban J connectivity index is 2.00. The fourth-order valence-corrected chi connectivity index (χ4v) is 2.19. The van der Waals surface area contributed by atoms with E-state index in [2.05, 4.69) is 26.5 Å². The molecule has 0 bridgehead atoms. The molecule has 1 aromatic carbocycles. The van der Waals surface area contributed by atoms with Crippen molar-refractivity contribution < 1.29 is 0 Å². The van der Waals surface area contributed by atoms with Crippen LogP contribution in [0.2, 0.25) is 0 Å². The van der Waals surface area contributed by atoms with Crippen molar-refractivity contribution in [1.82, 2.24) is 19.7 Å². The monoisotopic (exact) mass is 306 g/mol. The zero-order valence-electron chi connectivity index (χ0n) is 12.7. The molecule has 3 rings (SSSR count). The lowest BCUT2D eigenvalue weighted by atomic mass is 10.2. The van der Waals surface area contributed by atoms with E-state index >= 15 is 0 Å². The first-order valence-corrected chi connectivity index (χ1v) is 6.97. The molecule has 2 aromatic heterocycles. The molecule has 0 radical (unpaired) electrons. The highest BCUT2D eigenvalue weighted by molar-refractivity contribution is 5.59. The number of nitrogens with zero attached hydrogens (tertiary/aromatic N) is 4. The first kappa shape index (κ1) is 14.5. The Labute approximate surface area is 132 Å². The quantitative estimate of drug-likeness (QED) is 0.772. The van der Waals surface area contributed by atoms with Gasteiger partial charge in [-0.15, -0.1) is 0 Å². The van der Waals surface area contributed by atoms with Crippen LogP contribution in [-0.4, -0.2) is 19.7 Å². The van der Waals surface area contributed by atoms with Gasteiger partial charge in [0, 0.05) is 23.5 Å². The van der Waals surface area contributed by atoms with E-state index in [1.165, 1.54) is 6.07 Å². The molecular formula is C16H14N6O. The van der Waals surface area contributed by atoms with Gasteiger partial charge in [-0.25, -0.2) is 4.98 Å². The Hall–Kier alpha value is -3.40. The van der Waals surface area contributed by atoms with E-state index in [4.69, 9.17) is 5.26 Å². The molecule has 0 unspecified atom stereocenters. The number of anilines is 2. The first-order valence-electron chi connectivity index (χ1n) is 6.97. The minimum atomic E-state index is -0.232. The fourth-order valence-electron chi connectivity index (χ4n) is 2.19. The maximum atomic E-state index is 11.6. The molecule has 0 spiro atoms. The SMILES string of the molecule is Cc1cc(=O)[nH]c(-n2nc(C)cc2Nc2ccc(C#N)cc2)n1. The summed E-state index contributed by atoms with van der Waals surface area (Å²) in [6, 6.07) is 12.4. The molecule has 3 aromatic rings. The number of benzene rings is 1. The molecule has 0 aliphatic rings. The highest BCUT2D eigenvalue weighted by Crippen LogP contribution is 2.20. The number of nitriles is 1. The summed E-state index contributed by atoms with van der Waals surface area (Å²) in [5.41, 5.74) is 2.56. The third-order valence-electron chi connectivity index (χ3n) is 3.18. The molecule has 7 nitrogen and oxygen atoms in total. The molecule has 114 valence electrons. The van der Waals surface area contributed by atoms with Crippen LogP contribution in [0.25, 0.3) is 5.95 Å². The zero-order valence-corrected chi connectivity index (χ0v) is 12.7. The van der Waals surface area contributed by atoms with Crippen LogP contribution < -0.4 is 10.9 Å². The molecule has 23 heavy (non-hydrogen) atoms. The van der Waals surface area contributed by atoms with Gasteiger partial charge in [-0.2, -0.15) is 15.0 Å². The summed E-state index contributed by atoms with van der Waals surface area (Å²) in [4.78, 5) is 18.6. The van der Waals surface area contributed by atoms with Crippen molar-refractivity contribution in [2.75, 3.05) is 5.32 Å². The number of aromatic nitrogens is 4. The van der Waals surface area contributed by atoms with E-state index in [-0.39, 0.29) is 5.56 Å². The summed E-state index contributed by atoms with van der Waals surface area (Å²) in [5.74, 6) is 1.01. The second-order valence-corrected chi connectivity index (χ2v) is 5.11. The summed E-state index contributed by atoms with van der Waals surface area (Å²) in [7, 11) is 0. The van der Waals surface area contributed by atoms with Crippen molar-refractivity contribution in [3.63, 3.8) is 0 Å². The van der Waals surface area contributed by atoms with E-state index < -0.39 is 0 Å². The number of H-pyrrole nitrogens is 1. The molecule has 7 heteroatoms. The number of aromatic amines is 1. The Kier molecular flexibility index (Phi) is 3.65. The Morgan fingerprint density at radius 2 is 1.91 bits per heavy atom. The summed E-state index contributed by atoms with van der Waals surface area (Å²) in [6.07, 6.45) is 0. The lowest BCUT2D eigenvalue weighted by Crippen LogP contribution is -2.15. The normalized spacial score (nSPS) is 10.3. The molecule has 0 saturated carbocycles. The Bertz CT molecular complexity index is 946. The largest absolute Gasteiger partial charge is 0.340 e. The van der Waals surface area contributed by atoms with E-state index in [0.717, 1.165) is 11.4 Å². The van der Waals surface area contributed by atoms with Crippen LogP contribution in [0.1, 0.15) is 17.0 Å². The number of hydrogen-bond acceptors (Lipinski definition) is 5. The highest BCUT2D eigenvalue weighted by atomic mass is 16.1. The van der Waals surface area contributed by atoms with Gasteiger partial charge in [-0.05, 0) is 38.1 Å². The van der Waals surface area contributed by atoms with Crippen LogP contribution in [0.15, 0.2) is 41.2 Å². The van der Waals surface area contributed by atoms with Crippen LogP contribution in [-0.2, 0) is 0 Å². The predicted molar refractivity (Wildman–Crippen MR) is 85.9 cm³/mol. The van der Waals surface area contributed by atoms with Crippen molar-refractivity contribution in [2.45, 2.75) is 13.8 Å². The van der Waals surface area contributed by atoms with Gasteiger partial charge < -0.3 is 5.32 Å². The van der Waals surface area contributed by atoms with Gasteiger partial charge in [-0.3, -0.25) is 9.78 Å². The topological polar surface area (TPSA) is 99.4 Å². The second kappa shape index (κ2) is 5.77. The molecule has 0 aliphatic heterocycles. The van der Waals surface area contributed by atoms with Gasteiger partial charge in [0.2, 0.25) is 5.95 Å². The van der Waals surface area contributed by atoms with Crippen molar-refractivity contribution in [2.24, 2.45) is 0 Å². The zero-order chi connectivity index (χ0) is 16.4. The lowest BCUT2D eigenvalue weighted by molar-refractivity contribution is 0.790. The number of rotatable bonds is 3. The van der Waals surface area contributed by atoms with Crippen LogP contribution in [0.5, 0.6) is 0 Å². The minimum absolute atomic E-state index is 0.232. The standard InChI is InChI=1S/C16H14N6O/c1-10-8-15(23)20-16(18-10)22-14(7-11(2)21-22)19-13-5-3-12(9-17)4-6-13/h3-8,19H,1-2H3,(H,18,20,23). The van der Waals surface area contributed by atoms with Crippen LogP contribution in [0.4, 0.5) is 11.5 Å².